The molecule has 38 heavy (non-hydrogen) atoms. The predicted octanol–water partition coefficient (Wildman–Crippen LogP) is 3.55. The van der Waals surface area contributed by atoms with Crippen LogP contribution in [0, 0.1) is 5.92 Å². The van der Waals surface area contributed by atoms with Gasteiger partial charge in [-0.05, 0) is 47.9 Å². The number of nitrogens with one attached hydrogen (secondary N) is 2. The fraction of sp³-hybridized carbons (Fsp3) is 0.143. The number of ketones is 1. The SMILES string of the molecule is O=C(O)CC[C@H](NC(=O)c1ccc(-c2ccccc2)cc1)C(=O)Nc1ccc2c(c1)C(=O)C(C(=O)O)C=N2. The van der Waals surface area contributed by atoms with Crippen LogP contribution in [-0.2, 0) is 14.4 Å². The molecule has 10 nitrogen and oxygen atoms in total. The van der Waals surface area contributed by atoms with Crippen molar-refractivity contribution in [2.24, 2.45) is 10.9 Å². The lowest BCUT2D eigenvalue weighted by Crippen LogP contribution is -2.44. The Morgan fingerprint density at radius 2 is 1.58 bits per heavy atom. The first-order chi connectivity index (χ1) is 18.2. The third-order valence-corrected chi connectivity index (χ3v) is 5.96. The number of carboxylic acids is 2. The van der Waals surface area contributed by atoms with Crippen molar-refractivity contribution in [3.63, 3.8) is 0 Å². The molecule has 1 aliphatic heterocycles. The minimum Gasteiger partial charge on any atom is -0.481 e. The molecule has 192 valence electrons. The first-order valence-electron chi connectivity index (χ1n) is 11.7. The number of benzene rings is 3. The number of rotatable bonds is 9. The van der Waals surface area contributed by atoms with E-state index in [-0.39, 0.29) is 35.3 Å². The molecule has 3 aromatic carbocycles. The standard InChI is InChI=1S/C28H23N3O7/c32-24(33)13-12-23(31-26(35)18-8-6-17(7-9-18)16-4-2-1-3-5-16)27(36)30-19-10-11-22-20(14-19)25(34)21(15-29-22)28(37)38/h1-11,14-15,21,23H,12-13H2,(H,30,36)(H,31,35)(H,32,33)(H,37,38)/t21?,23-/m0/s1. The van der Waals surface area contributed by atoms with Crippen LogP contribution >= 0.6 is 0 Å². The van der Waals surface area contributed by atoms with Gasteiger partial charge in [-0.15, -0.1) is 0 Å². The highest BCUT2D eigenvalue weighted by Crippen LogP contribution is 2.29. The molecular weight excluding hydrogens is 490 g/mol. The third kappa shape index (κ3) is 5.98. The Hall–Kier alpha value is -5.12. The van der Waals surface area contributed by atoms with Gasteiger partial charge in [0.15, 0.2) is 11.7 Å². The van der Waals surface area contributed by atoms with E-state index in [0.717, 1.165) is 17.3 Å². The van der Waals surface area contributed by atoms with Gasteiger partial charge in [0.1, 0.15) is 6.04 Å². The van der Waals surface area contributed by atoms with Gasteiger partial charge in [0, 0.05) is 29.4 Å². The molecule has 2 atom stereocenters. The lowest BCUT2D eigenvalue weighted by Gasteiger charge is -2.19. The Bertz CT molecular complexity index is 1430. The van der Waals surface area contributed by atoms with Gasteiger partial charge in [-0.25, -0.2) is 0 Å². The first-order valence-corrected chi connectivity index (χ1v) is 11.7. The number of nitrogens with zero attached hydrogens (tertiary/aromatic N) is 1. The van der Waals surface area contributed by atoms with Crippen molar-refractivity contribution in [1.29, 1.82) is 0 Å². The summed E-state index contributed by atoms with van der Waals surface area (Å²) in [4.78, 5) is 64.9. The molecule has 4 N–H and O–H groups in total. The van der Waals surface area contributed by atoms with E-state index in [1.807, 2.05) is 30.3 Å². The summed E-state index contributed by atoms with van der Waals surface area (Å²) < 4.78 is 0. The largest absolute Gasteiger partial charge is 0.481 e. The molecule has 1 heterocycles. The van der Waals surface area contributed by atoms with Crippen molar-refractivity contribution in [3.8, 4) is 11.1 Å². The highest BCUT2D eigenvalue weighted by Gasteiger charge is 2.31. The summed E-state index contributed by atoms with van der Waals surface area (Å²) in [6, 6.07) is 19.4. The molecule has 0 saturated carbocycles. The van der Waals surface area contributed by atoms with E-state index in [1.54, 1.807) is 24.3 Å². The number of carbonyl (C=O) groups is 5. The molecule has 0 bridgehead atoms. The second-order valence-corrected chi connectivity index (χ2v) is 8.58. The lowest BCUT2D eigenvalue weighted by molar-refractivity contribution is -0.138. The van der Waals surface area contributed by atoms with Gasteiger partial charge in [0.05, 0.1) is 5.69 Å². The van der Waals surface area contributed by atoms with E-state index in [2.05, 4.69) is 15.6 Å². The summed E-state index contributed by atoms with van der Waals surface area (Å²) in [5.74, 6) is -5.83. The molecule has 4 rings (SSSR count). The first kappa shape index (κ1) is 26.0. The van der Waals surface area contributed by atoms with Gasteiger partial charge in [0.25, 0.3) is 5.91 Å². The molecule has 0 aromatic heterocycles. The topological polar surface area (TPSA) is 162 Å². The number of hydrogen-bond acceptors (Lipinski definition) is 6. The molecular formula is C28H23N3O7. The van der Waals surface area contributed by atoms with Crippen LogP contribution in [0.3, 0.4) is 0 Å². The number of amides is 2. The summed E-state index contributed by atoms with van der Waals surface area (Å²) in [5, 5.41) is 23.5. The van der Waals surface area contributed by atoms with E-state index in [1.165, 1.54) is 18.2 Å². The Morgan fingerprint density at radius 1 is 0.895 bits per heavy atom. The number of Topliss-reactive ketones (excluding diaryl/α,β-unsaturated/α-hetero) is 1. The maximum Gasteiger partial charge on any atom is 0.319 e. The smallest absolute Gasteiger partial charge is 0.319 e. The highest BCUT2D eigenvalue weighted by molar-refractivity contribution is 6.22. The summed E-state index contributed by atoms with van der Waals surface area (Å²) in [6.07, 6.45) is 0.502. The van der Waals surface area contributed by atoms with E-state index < -0.39 is 41.5 Å². The second kappa shape index (κ2) is 11.3. The van der Waals surface area contributed by atoms with Crippen molar-refractivity contribution in [3.05, 3.63) is 83.9 Å². The van der Waals surface area contributed by atoms with Gasteiger partial charge < -0.3 is 20.8 Å². The van der Waals surface area contributed by atoms with Crippen molar-refractivity contribution >= 4 is 47.1 Å². The van der Waals surface area contributed by atoms with Crippen LogP contribution < -0.4 is 10.6 Å². The molecule has 1 aliphatic rings. The van der Waals surface area contributed by atoms with Crippen molar-refractivity contribution in [2.45, 2.75) is 18.9 Å². The zero-order valence-electron chi connectivity index (χ0n) is 20.0. The van der Waals surface area contributed by atoms with Crippen molar-refractivity contribution in [2.75, 3.05) is 5.32 Å². The number of carboxylic acid groups (broad SMARTS) is 2. The number of fused-ring (bicyclic) bond motifs is 1. The Balaban J connectivity index is 1.49. The summed E-state index contributed by atoms with van der Waals surface area (Å²) >= 11 is 0. The molecule has 0 spiro atoms. The number of hydrogen-bond donors (Lipinski definition) is 4. The van der Waals surface area contributed by atoms with Crippen LogP contribution in [0.2, 0.25) is 0 Å². The van der Waals surface area contributed by atoms with Gasteiger partial charge in [-0.2, -0.15) is 0 Å². The molecule has 0 aliphatic carbocycles. The number of aliphatic imine (C=N–C) groups is 1. The average Bonchev–Trinajstić information content (AvgIpc) is 2.91. The van der Waals surface area contributed by atoms with Gasteiger partial charge in [-0.1, -0.05) is 42.5 Å². The molecule has 0 saturated heterocycles. The summed E-state index contributed by atoms with van der Waals surface area (Å²) in [5.41, 5.74) is 2.63. The molecule has 0 fully saturated rings. The normalized spacial score (nSPS) is 14.7. The third-order valence-electron chi connectivity index (χ3n) is 5.96. The van der Waals surface area contributed by atoms with Crippen LogP contribution in [0.4, 0.5) is 11.4 Å². The van der Waals surface area contributed by atoms with Crippen molar-refractivity contribution in [1.82, 2.24) is 5.32 Å². The zero-order chi connectivity index (χ0) is 27.2. The van der Waals surface area contributed by atoms with Crippen LogP contribution in [0.1, 0.15) is 33.6 Å². The molecule has 0 radical (unpaired) electrons. The van der Waals surface area contributed by atoms with E-state index in [0.29, 0.717) is 0 Å². The van der Waals surface area contributed by atoms with Gasteiger partial charge in [0.2, 0.25) is 5.91 Å². The second-order valence-electron chi connectivity index (χ2n) is 8.58. The van der Waals surface area contributed by atoms with E-state index in [4.69, 9.17) is 5.11 Å². The number of carbonyl (C=O) groups excluding carboxylic acids is 3. The van der Waals surface area contributed by atoms with E-state index in [9.17, 15) is 29.1 Å². The monoisotopic (exact) mass is 513 g/mol. The maximum absolute atomic E-state index is 13.0. The van der Waals surface area contributed by atoms with Crippen LogP contribution in [0.15, 0.2) is 77.8 Å². The molecule has 10 heteroatoms. The van der Waals surface area contributed by atoms with Crippen LogP contribution in [0.5, 0.6) is 0 Å². The molecule has 3 aromatic rings. The zero-order valence-corrected chi connectivity index (χ0v) is 20.0. The van der Waals surface area contributed by atoms with Crippen molar-refractivity contribution < 1.29 is 34.2 Å². The Kier molecular flexibility index (Phi) is 7.72. The molecule has 2 amide bonds. The summed E-state index contributed by atoms with van der Waals surface area (Å²) in [6.45, 7) is 0. The quantitative estimate of drug-likeness (QED) is 0.318. The van der Waals surface area contributed by atoms with Crippen LogP contribution in [-0.4, -0.2) is 52.0 Å². The van der Waals surface area contributed by atoms with Gasteiger partial charge in [-0.3, -0.25) is 29.0 Å². The fourth-order valence-corrected chi connectivity index (χ4v) is 3.94. The minimum atomic E-state index is -1.43. The maximum atomic E-state index is 13.0. The average molecular weight is 514 g/mol. The van der Waals surface area contributed by atoms with E-state index >= 15 is 0 Å². The minimum absolute atomic E-state index is 0.0299. The lowest BCUT2D eigenvalue weighted by atomic mass is 9.94. The highest BCUT2D eigenvalue weighted by atomic mass is 16.4. The number of aliphatic carboxylic acids is 2. The van der Waals surface area contributed by atoms with Crippen LogP contribution in [0.25, 0.3) is 11.1 Å². The number of anilines is 1. The predicted molar refractivity (Wildman–Crippen MR) is 139 cm³/mol. The Labute approximate surface area is 217 Å². The molecule has 1 unspecified atom stereocenters. The summed E-state index contributed by atoms with van der Waals surface area (Å²) in [7, 11) is 0. The Morgan fingerprint density at radius 3 is 2.24 bits per heavy atom. The van der Waals surface area contributed by atoms with Gasteiger partial charge >= 0.3 is 11.9 Å². The fourth-order valence-electron chi connectivity index (χ4n) is 3.94.